The van der Waals surface area contributed by atoms with Crippen LogP contribution in [0, 0.1) is 0 Å². The highest BCUT2D eigenvalue weighted by Gasteiger charge is 2.15. The Kier molecular flexibility index (Phi) is 5.15. The molecule has 1 aromatic carbocycles. The van der Waals surface area contributed by atoms with Gasteiger partial charge in [-0.1, -0.05) is 29.3 Å². The summed E-state index contributed by atoms with van der Waals surface area (Å²) in [6, 6.07) is 6.31. The van der Waals surface area contributed by atoms with Gasteiger partial charge >= 0.3 is 5.69 Å². The Labute approximate surface area is 158 Å². The number of hydrogen-bond acceptors (Lipinski definition) is 5. The van der Waals surface area contributed by atoms with Crippen LogP contribution in [0.5, 0.6) is 5.88 Å². The number of methoxy groups -OCH3 is 1. The Bertz CT molecular complexity index is 1030. The van der Waals surface area contributed by atoms with Gasteiger partial charge in [0.25, 0.3) is 0 Å². The number of benzene rings is 1. The third-order valence-corrected chi connectivity index (χ3v) is 4.51. The van der Waals surface area contributed by atoms with Gasteiger partial charge in [0, 0.05) is 6.07 Å². The topological polar surface area (TPSA) is 90.5 Å². The molecule has 1 atom stereocenters. The van der Waals surface area contributed by atoms with Gasteiger partial charge in [-0.25, -0.2) is 18.9 Å². The van der Waals surface area contributed by atoms with Crippen LogP contribution in [0.2, 0.25) is 10.0 Å². The van der Waals surface area contributed by atoms with Crippen molar-refractivity contribution < 1.29 is 9.53 Å². The van der Waals surface area contributed by atoms with Gasteiger partial charge in [0.15, 0.2) is 5.65 Å². The first-order valence-electron chi connectivity index (χ1n) is 7.62. The molecule has 0 saturated carbocycles. The Morgan fingerprint density at radius 1 is 1.31 bits per heavy atom. The van der Waals surface area contributed by atoms with E-state index in [1.165, 1.54) is 23.9 Å². The second-order valence-corrected chi connectivity index (χ2v) is 6.38. The summed E-state index contributed by atoms with van der Waals surface area (Å²) in [7, 11) is 1.46. The molecule has 0 aliphatic heterocycles. The second-order valence-electron chi connectivity index (χ2n) is 5.56. The van der Waals surface area contributed by atoms with Crippen molar-refractivity contribution in [1.29, 1.82) is 0 Å². The zero-order valence-corrected chi connectivity index (χ0v) is 15.5. The fraction of sp³-hybridized carbons (Fsp3) is 0.250. The molecule has 2 aromatic heterocycles. The van der Waals surface area contributed by atoms with Gasteiger partial charge < -0.3 is 10.1 Å². The van der Waals surface area contributed by atoms with E-state index < -0.39 is 5.69 Å². The highest BCUT2D eigenvalue weighted by Crippen LogP contribution is 2.25. The zero-order valence-electron chi connectivity index (χ0n) is 13.9. The fourth-order valence-corrected chi connectivity index (χ4v) is 2.72. The minimum Gasteiger partial charge on any atom is -0.481 e. The van der Waals surface area contributed by atoms with Crippen LogP contribution in [0.1, 0.15) is 18.5 Å². The minimum atomic E-state index is -0.465. The Hall–Kier alpha value is -2.58. The lowest BCUT2D eigenvalue weighted by molar-refractivity contribution is -0.122. The van der Waals surface area contributed by atoms with Crippen molar-refractivity contribution in [3.63, 3.8) is 0 Å². The van der Waals surface area contributed by atoms with E-state index in [1.807, 2.05) is 0 Å². The zero-order chi connectivity index (χ0) is 18.8. The van der Waals surface area contributed by atoms with E-state index >= 15 is 0 Å². The monoisotopic (exact) mass is 395 g/mol. The van der Waals surface area contributed by atoms with Gasteiger partial charge in [0.05, 0.1) is 23.2 Å². The third kappa shape index (κ3) is 3.66. The van der Waals surface area contributed by atoms with Crippen molar-refractivity contribution in [3.8, 4) is 5.88 Å². The number of halogens is 2. The normalized spacial score (nSPS) is 12.2. The molecule has 0 unspecified atom stereocenters. The molecule has 10 heteroatoms. The molecule has 0 bridgehead atoms. The molecule has 0 fully saturated rings. The second kappa shape index (κ2) is 7.35. The van der Waals surface area contributed by atoms with Crippen molar-refractivity contribution in [2.45, 2.75) is 19.5 Å². The van der Waals surface area contributed by atoms with Crippen molar-refractivity contribution >= 4 is 34.8 Å². The standard InChI is InChI=1S/C16H15Cl2N5O3/c1-9(10-3-4-11(17)12(18)5-10)20-14(24)7-23-16(25)22-8-19-15(26-2)6-13(22)21-23/h3-6,8-9H,7H2,1-2H3,(H,20,24)/t9-/m0/s1. The van der Waals surface area contributed by atoms with Crippen LogP contribution in [0.15, 0.2) is 35.4 Å². The summed E-state index contributed by atoms with van der Waals surface area (Å²) in [6.07, 6.45) is 1.30. The van der Waals surface area contributed by atoms with E-state index in [4.69, 9.17) is 27.9 Å². The van der Waals surface area contributed by atoms with E-state index in [0.717, 1.165) is 10.2 Å². The van der Waals surface area contributed by atoms with Crippen LogP contribution in [-0.2, 0) is 11.3 Å². The fourth-order valence-electron chi connectivity index (χ4n) is 2.41. The summed E-state index contributed by atoms with van der Waals surface area (Å²) in [5, 5.41) is 7.75. The van der Waals surface area contributed by atoms with Crippen molar-refractivity contribution in [3.05, 3.63) is 56.7 Å². The highest BCUT2D eigenvalue weighted by molar-refractivity contribution is 6.42. The quantitative estimate of drug-likeness (QED) is 0.713. The molecule has 3 aromatic rings. The average molecular weight is 396 g/mol. The van der Waals surface area contributed by atoms with Gasteiger partial charge in [0.2, 0.25) is 11.8 Å². The Morgan fingerprint density at radius 2 is 2.08 bits per heavy atom. The van der Waals surface area contributed by atoms with E-state index in [9.17, 15) is 9.59 Å². The van der Waals surface area contributed by atoms with E-state index in [-0.39, 0.29) is 18.5 Å². The van der Waals surface area contributed by atoms with Crippen LogP contribution in [0.4, 0.5) is 0 Å². The van der Waals surface area contributed by atoms with Gasteiger partial charge in [0.1, 0.15) is 12.9 Å². The number of aromatic nitrogens is 4. The number of carbonyl (C=O) groups is 1. The SMILES string of the molecule is COc1cc2nn(CC(=O)N[C@@H](C)c3ccc(Cl)c(Cl)c3)c(=O)n2cn1. The number of fused-ring (bicyclic) bond motifs is 1. The predicted octanol–water partition coefficient (Wildman–Crippen LogP) is 2.08. The number of nitrogens with one attached hydrogen (secondary N) is 1. The van der Waals surface area contributed by atoms with Crippen LogP contribution in [0.3, 0.4) is 0 Å². The van der Waals surface area contributed by atoms with Crippen molar-refractivity contribution in [1.82, 2.24) is 24.5 Å². The smallest absolute Gasteiger partial charge is 0.352 e. The van der Waals surface area contributed by atoms with E-state index in [2.05, 4.69) is 15.4 Å². The lowest BCUT2D eigenvalue weighted by Gasteiger charge is -2.14. The van der Waals surface area contributed by atoms with Gasteiger partial charge in [-0.15, -0.1) is 5.10 Å². The lowest BCUT2D eigenvalue weighted by atomic mass is 10.1. The number of carbonyl (C=O) groups excluding carboxylic acids is 1. The summed E-state index contributed by atoms with van der Waals surface area (Å²) in [4.78, 5) is 28.5. The molecule has 0 radical (unpaired) electrons. The first kappa shape index (κ1) is 18.2. The van der Waals surface area contributed by atoms with Crippen LogP contribution < -0.4 is 15.7 Å². The molecule has 0 aliphatic carbocycles. The molecule has 0 aliphatic rings. The van der Waals surface area contributed by atoms with E-state index in [0.29, 0.717) is 21.6 Å². The number of ether oxygens (including phenoxy) is 1. The number of hydrogen-bond donors (Lipinski definition) is 1. The minimum absolute atomic E-state index is 0.228. The molecule has 0 saturated heterocycles. The number of amides is 1. The molecular formula is C16H15Cl2N5O3. The molecule has 26 heavy (non-hydrogen) atoms. The highest BCUT2D eigenvalue weighted by atomic mass is 35.5. The molecule has 8 nitrogen and oxygen atoms in total. The average Bonchev–Trinajstić information content (AvgIpc) is 2.92. The summed E-state index contributed by atoms with van der Waals surface area (Å²) >= 11 is 11.9. The number of nitrogens with zero attached hydrogens (tertiary/aromatic N) is 4. The summed E-state index contributed by atoms with van der Waals surface area (Å²) in [5.74, 6) is -0.0404. The third-order valence-electron chi connectivity index (χ3n) is 3.77. The molecule has 1 N–H and O–H groups in total. The van der Waals surface area contributed by atoms with Crippen molar-refractivity contribution in [2.75, 3.05) is 7.11 Å². The maximum atomic E-state index is 12.3. The van der Waals surface area contributed by atoms with Crippen LogP contribution >= 0.6 is 23.2 Å². The molecular weight excluding hydrogens is 381 g/mol. The largest absolute Gasteiger partial charge is 0.481 e. The number of rotatable bonds is 5. The molecule has 1 amide bonds. The lowest BCUT2D eigenvalue weighted by Crippen LogP contribution is -2.34. The summed E-state index contributed by atoms with van der Waals surface area (Å²) < 4.78 is 7.29. The Morgan fingerprint density at radius 3 is 2.77 bits per heavy atom. The Balaban J connectivity index is 1.75. The van der Waals surface area contributed by atoms with Crippen LogP contribution in [-0.4, -0.2) is 32.2 Å². The summed E-state index contributed by atoms with van der Waals surface area (Å²) in [6.45, 7) is 1.58. The molecule has 0 spiro atoms. The van der Waals surface area contributed by atoms with E-state index in [1.54, 1.807) is 25.1 Å². The summed E-state index contributed by atoms with van der Waals surface area (Å²) in [5.41, 5.74) is 0.670. The molecule has 136 valence electrons. The van der Waals surface area contributed by atoms with Gasteiger partial charge in [-0.3, -0.25) is 4.79 Å². The first-order chi connectivity index (χ1) is 12.4. The first-order valence-corrected chi connectivity index (χ1v) is 8.38. The molecule has 3 rings (SSSR count). The predicted molar refractivity (Wildman–Crippen MR) is 96.8 cm³/mol. The van der Waals surface area contributed by atoms with Gasteiger partial charge in [-0.05, 0) is 24.6 Å². The van der Waals surface area contributed by atoms with Crippen molar-refractivity contribution in [2.24, 2.45) is 0 Å². The van der Waals surface area contributed by atoms with Gasteiger partial charge in [-0.2, -0.15) is 0 Å². The molecule has 2 heterocycles. The maximum Gasteiger partial charge on any atom is 0.352 e. The maximum absolute atomic E-state index is 12.3. The van der Waals surface area contributed by atoms with Crippen LogP contribution in [0.25, 0.3) is 5.65 Å².